The van der Waals surface area contributed by atoms with Crippen molar-refractivity contribution in [2.75, 3.05) is 0 Å². The van der Waals surface area contributed by atoms with E-state index in [1.807, 2.05) is 6.07 Å². The molecule has 0 unspecified atom stereocenters. The van der Waals surface area contributed by atoms with E-state index in [9.17, 15) is 0 Å². The lowest BCUT2D eigenvalue weighted by Crippen LogP contribution is -1.89. The molecule has 2 heterocycles. The third-order valence-electron chi connectivity index (χ3n) is 1.38. The van der Waals surface area contributed by atoms with Crippen molar-refractivity contribution in [3.8, 4) is 6.07 Å². The van der Waals surface area contributed by atoms with Crippen LogP contribution in [-0.2, 0) is 0 Å². The van der Waals surface area contributed by atoms with E-state index in [-0.39, 0.29) is 0 Å². The van der Waals surface area contributed by atoms with E-state index in [1.165, 1.54) is 6.20 Å². The summed E-state index contributed by atoms with van der Waals surface area (Å²) in [5.74, 6) is 0. The van der Waals surface area contributed by atoms with Crippen molar-refractivity contribution in [1.82, 2.24) is 14.6 Å². The van der Waals surface area contributed by atoms with Crippen LogP contribution in [0.2, 0.25) is 0 Å². The summed E-state index contributed by atoms with van der Waals surface area (Å²) in [6.45, 7) is 0. The summed E-state index contributed by atoms with van der Waals surface area (Å²) in [5.41, 5.74) is 1.23. The standard InChI is InChI=1S/C7H4N4/c8-4-6-3-7-9-1-2-11(7)10-5-6/h1-3,5H. The lowest BCUT2D eigenvalue weighted by atomic mass is 10.3. The van der Waals surface area contributed by atoms with E-state index >= 15 is 0 Å². The number of imidazole rings is 1. The van der Waals surface area contributed by atoms with Gasteiger partial charge in [0.25, 0.3) is 0 Å². The molecule has 0 N–H and O–H groups in total. The molecule has 0 spiro atoms. The predicted octanol–water partition coefficient (Wildman–Crippen LogP) is 0.601. The number of fused-ring (bicyclic) bond motifs is 1. The first kappa shape index (κ1) is 5.86. The average molecular weight is 144 g/mol. The minimum atomic E-state index is 0.531. The largest absolute Gasteiger partial charge is 0.235 e. The molecule has 4 heteroatoms. The highest BCUT2D eigenvalue weighted by molar-refractivity contribution is 5.42. The average Bonchev–Trinajstić information content (AvgIpc) is 2.50. The summed E-state index contributed by atoms with van der Waals surface area (Å²) in [7, 11) is 0. The Balaban J connectivity index is 2.79. The van der Waals surface area contributed by atoms with Crippen LogP contribution in [0.4, 0.5) is 0 Å². The Morgan fingerprint density at radius 1 is 1.55 bits per heavy atom. The van der Waals surface area contributed by atoms with Gasteiger partial charge in [-0.15, -0.1) is 0 Å². The zero-order valence-electron chi connectivity index (χ0n) is 5.60. The van der Waals surface area contributed by atoms with E-state index in [0.717, 1.165) is 0 Å². The number of hydrogen-bond acceptors (Lipinski definition) is 3. The van der Waals surface area contributed by atoms with E-state index < -0.39 is 0 Å². The molecule has 2 rings (SSSR count). The maximum Gasteiger partial charge on any atom is 0.154 e. The zero-order chi connectivity index (χ0) is 7.68. The topological polar surface area (TPSA) is 54.0 Å². The smallest absolute Gasteiger partial charge is 0.154 e. The highest BCUT2D eigenvalue weighted by Gasteiger charge is 1.94. The van der Waals surface area contributed by atoms with Gasteiger partial charge >= 0.3 is 0 Å². The van der Waals surface area contributed by atoms with Crippen LogP contribution in [0.25, 0.3) is 5.65 Å². The highest BCUT2D eigenvalue weighted by atomic mass is 15.2. The third-order valence-corrected chi connectivity index (χ3v) is 1.38. The van der Waals surface area contributed by atoms with Crippen LogP contribution < -0.4 is 0 Å². The van der Waals surface area contributed by atoms with Crippen LogP contribution in [0.3, 0.4) is 0 Å². The number of rotatable bonds is 0. The predicted molar refractivity (Wildman–Crippen MR) is 37.7 cm³/mol. The minimum absolute atomic E-state index is 0.531. The Morgan fingerprint density at radius 2 is 2.45 bits per heavy atom. The SMILES string of the molecule is N#Cc1cnn2ccnc2c1. The molecular weight excluding hydrogens is 140 g/mol. The third kappa shape index (κ3) is 0.829. The Bertz CT molecular complexity index is 423. The van der Waals surface area contributed by atoms with Crippen molar-refractivity contribution in [3.05, 3.63) is 30.2 Å². The Hall–Kier alpha value is -1.89. The maximum absolute atomic E-state index is 8.51. The molecule has 0 amide bonds. The second-order valence-corrected chi connectivity index (χ2v) is 2.09. The molecule has 0 aliphatic heterocycles. The van der Waals surface area contributed by atoms with Gasteiger partial charge in [-0.25, -0.2) is 9.50 Å². The molecule has 0 saturated carbocycles. The Kier molecular flexibility index (Phi) is 1.10. The lowest BCUT2D eigenvalue weighted by molar-refractivity contribution is 0.932. The Morgan fingerprint density at radius 3 is 3.27 bits per heavy atom. The molecule has 0 atom stereocenters. The fraction of sp³-hybridized carbons (Fsp3) is 0. The molecule has 0 aromatic carbocycles. The van der Waals surface area contributed by atoms with Crippen LogP contribution in [0.1, 0.15) is 5.56 Å². The van der Waals surface area contributed by atoms with Gasteiger partial charge in [-0.2, -0.15) is 10.4 Å². The van der Waals surface area contributed by atoms with E-state index in [2.05, 4.69) is 10.1 Å². The van der Waals surface area contributed by atoms with Crippen molar-refractivity contribution >= 4 is 5.65 Å². The van der Waals surface area contributed by atoms with E-state index in [0.29, 0.717) is 11.2 Å². The number of nitrogens with zero attached hydrogens (tertiary/aromatic N) is 4. The summed E-state index contributed by atoms with van der Waals surface area (Å²) in [4.78, 5) is 3.98. The van der Waals surface area contributed by atoms with Gasteiger partial charge in [-0.05, 0) is 0 Å². The molecule has 0 bridgehead atoms. The Labute approximate surface area is 62.7 Å². The monoisotopic (exact) mass is 144 g/mol. The molecule has 4 nitrogen and oxygen atoms in total. The molecule has 0 aliphatic carbocycles. The summed E-state index contributed by atoms with van der Waals surface area (Å²) < 4.78 is 1.61. The molecule has 0 radical (unpaired) electrons. The summed E-state index contributed by atoms with van der Waals surface area (Å²) >= 11 is 0. The van der Waals surface area contributed by atoms with Gasteiger partial charge < -0.3 is 0 Å². The van der Waals surface area contributed by atoms with Crippen LogP contribution in [0.5, 0.6) is 0 Å². The van der Waals surface area contributed by atoms with Crippen LogP contribution in [-0.4, -0.2) is 14.6 Å². The lowest BCUT2D eigenvalue weighted by Gasteiger charge is -1.89. The van der Waals surface area contributed by atoms with Gasteiger partial charge in [0, 0.05) is 18.5 Å². The number of nitriles is 1. The summed E-state index contributed by atoms with van der Waals surface area (Å²) in [6.07, 6.45) is 4.88. The molecule has 52 valence electrons. The van der Waals surface area contributed by atoms with Gasteiger partial charge in [-0.3, -0.25) is 0 Å². The molecule has 2 aromatic rings. The fourth-order valence-electron chi connectivity index (χ4n) is 0.871. The highest BCUT2D eigenvalue weighted by Crippen LogP contribution is 2.00. The normalized spacial score (nSPS) is 9.73. The number of hydrogen-bond donors (Lipinski definition) is 0. The van der Waals surface area contributed by atoms with Crippen LogP contribution >= 0.6 is 0 Å². The van der Waals surface area contributed by atoms with E-state index in [1.54, 1.807) is 23.0 Å². The van der Waals surface area contributed by atoms with E-state index in [4.69, 9.17) is 5.26 Å². The summed E-state index contributed by atoms with van der Waals surface area (Å²) in [5, 5.41) is 12.5. The van der Waals surface area contributed by atoms with Crippen LogP contribution in [0.15, 0.2) is 24.7 Å². The quantitative estimate of drug-likeness (QED) is 0.544. The fourth-order valence-corrected chi connectivity index (χ4v) is 0.871. The molecule has 0 saturated heterocycles. The van der Waals surface area contributed by atoms with Gasteiger partial charge in [0.05, 0.1) is 11.8 Å². The van der Waals surface area contributed by atoms with Crippen LogP contribution in [0, 0.1) is 11.3 Å². The second-order valence-electron chi connectivity index (χ2n) is 2.09. The first-order chi connectivity index (χ1) is 5.40. The summed E-state index contributed by atoms with van der Waals surface area (Å²) in [6, 6.07) is 3.68. The molecule has 0 aliphatic rings. The van der Waals surface area contributed by atoms with Crippen molar-refractivity contribution in [2.45, 2.75) is 0 Å². The maximum atomic E-state index is 8.51. The number of aromatic nitrogens is 3. The van der Waals surface area contributed by atoms with Gasteiger partial charge in [0.1, 0.15) is 6.07 Å². The van der Waals surface area contributed by atoms with Crippen molar-refractivity contribution in [1.29, 1.82) is 5.26 Å². The molecular formula is C7H4N4. The first-order valence-electron chi connectivity index (χ1n) is 3.09. The molecule has 11 heavy (non-hydrogen) atoms. The van der Waals surface area contributed by atoms with Crippen molar-refractivity contribution in [3.63, 3.8) is 0 Å². The van der Waals surface area contributed by atoms with Crippen molar-refractivity contribution in [2.24, 2.45) is 0 Å². The van der Waals surface area contributed by atoms with Gasteiger partial charge in [0.2, 0.25) is 0 Å². The first-order valence-corrected chi connectivity index (χ1v) is 3.09. The van der Waals surface area contributed by atoms with Gasteiger partial charge in [-0.1, -0.05) is 0 Å². The van der Waals surface area contributed by atoms with Gasteiger partial charge in [0.15, 0.2) is 5.65 Å². The molecule has 2 aromatic heterocycles. The van der Waals surface area contributed by atoms with Crippen molar-refractivity contribution < 1.29 is 0 Å². The minimum Gasteiger partial charge on any atom is -0.235 e. The molecule has 0 fully saturated rings. The zero-order valence-corrected chi connectivity index (χ0v) is 5.60. The second kappa shape index (κ2) is 2.06.